The minimum Gasteiger partial charge on any atom is -0.487 e. The largest absolute Gasteiger partial charge is 0.487 e. The number of amides is 1. The fraction of sp³-hybridized carbons (Fsp3) is 0.348. The van der Waals surface area contributed by atoms with Crippen molar-refractivity contribution in [3.05, 3.63) is 56.2 Å². The van der Waals surface area contributed by atoms with E-state index in [-0.39, 0.29) is 34.4 Å². The van der Waals surface area contributed by atoms with Crippen LogP contribution in [0.3, 0.4) is 0 Å². The number of hydrogen-bond donors (Lipinski definition) is 2. The van der Waals surface area contributed by atoms with Gasteiger partial charge < -0.3 is 19.1 Å². The fourth-order valence-electron chi connectivity index (χ4n) is 4.39. The molecule has 184 valence electrons. The summed E-state index contributed by atoms with van der Waals surface area (Å²) >= 11 is 11.9. The normalized spacial score (nSPS) is 17.9. The van der Waals surface area contributed by atoms with E-state index in [2.05, 4.69) is 20.7 Å². The van der Waals surface area contributed by atoms with Crippen molar-refractivity contribution in [1.82, 2.24) is 19.9 Å². The Morgan fingerprint density at radius 2 is 1.97 bits per heavy atom. The van der Waals surface area contributed by atoms with Crippen LogP contribution in [-0.4, -0.2) is 60.2 Å². The van der Waals surface area contributed by atoms with Gasteiger partial charge >= 0.3 is 0 Å². The summed E-state index contributed by atoms with van der Waals surface area (Å²) < 4.78 is 23.2. The number of likely N-dealkylation sites (N-methyl/N-ethyl adjacent to an activating group) is 1. The molecule has 1 saturated heterocycles. The number of benzene rings is 1. The number of pyridine rings is 2. The quantitative estimate of drug-likeness (QED) is 0.510. The lowest BCUT2D eigenvalue weighted by Gasteiger charge is -2.37. The smallest absolute Gasteiger partial charge is 0.275 e. The maximum Gasteiger partial charge on any atom is 0.275 e. The molecule has 0 unspecified atom stereocenters. The molecule has 12 heteroatoms. The second-order valence-corrected chi connectivity index (χ2v) is 9.57. The zero-order chi connectivity index (χ0) is 24.9. The summed E-state index contributed by atoms with van der Waals surface area (Å²) in [5, 5.41) is 0.609. The van der Waals surface area contributed by atoms with Gasteiger partial charge in [-0.25, -0.2) is 9.37 Å². The zero-order valence-electron chi connectivity index (χ0n) is 19.1. The maximum atomic E-state index is 15.4. The minimum atomic E-state index is -0.711. The van der Waals surface area contributed by atoms with Gasteiger partial charge in [0.05, 0.1) is 27.0 Å². The molecule has 0 aliphatic carbocycles. The average Bonchev–Trinajstić information content (AvgIpc) is 2.82. The summed E-state index contributed by atoms with van der Waals surface area (Å²) in [4.78, 5) is 34.4. The second kappa shape index (κ2) is 9.18. The fourth-order valence-corrected chi connectivity index (χ4v) is 4.82. The highest BCUT2D eigenvalue weighted by Crippen LogP contribution is 2.42. The van der Waals surface area contributed by atoms with E-state index in [0.717, 1.165) is 13.1 Å². The van der Waals surface area contributed by atoms with Crippen LogP contribution in [0.2, 0.25) is 10.0 Å². The average molecular weight is 521 g/mol. The van der Waals surface area contributed by atoms with Gasteiger partial charge in [0.15, 0.2) is 17.4 Å². The molecule has 1 atom stereocenters. The molecule has 4 heterocycles. The molecule has 5 rings (SSSR count). The molecule has 9 nitrogen and oxygen atoms in total. The molecule has 0 radical (unpaired) electrons. The standard InChI is InChI=1S/C23H23Cl2FN6O3/c1-12-11-35-21-18-14(8-17(26)19(21)31-5-3-30(2)4-6-31)20(33)15(10-32(12)18)23(34)29-28-22-16(25)7-13(24)9-27-22/h7-10,12H,3-6,11H2,1-2H3,(H,27,28)(H,29,34)/t12-/m0/s1. The van der Waals surface area contributed by atoms with Crippen molar-refractivity contribution in [3.8, 4) is 5.75 Å². The molecule has 2 aliphatic rings. The van der Waals surface area contributed by atoms with Crippen molar-refractivity contribution < 1.29 is 13.9 Å². The highest BCUT2D eigenvalue weighted by Gasteiger charge is 2.31. The first-order valence-corrected chi connectivity index (χ1v) is 11.8. The predicted octanol–water partition coefficient (Wildman–Crippen LogP) is 3.30. The van der Waals surface area contributed by atoms with Crippen LogP contribution in [0, 0.1) is 5.82 Å². The number of anilines is 2. The van der Waals surface area contributed by atoms with Crippen LogP contribution in [-0.2, 0) is 0 Å². The third kappa shape index (κ3) is 4.26. The number of nitrogens with zero attached hydrogens (tertiary/aromatic N) is 4. The second-order valence-electron chi connectivity index (χ2n) is 8.72. The Bertz CT molecular complexity index is 1390. The SMILES string of the molecule is C[C@H]1COc2c(N3CCN(C)CC3)c(F)cc3c(=O)c(C(=O)NNc4ncc(Cl)cc4Cl)cn1c23. The van der Waals surface area contributed by atoms with Crippen LogP contribution in [0.15, 0.2) is 29.3 Å². The Morgan fingerprint density at radius 3 is 2.69 bits per heavy atom. The first-order chi connectivity index (χ1) is 16.7. The molecule has 3 aromatic rings. The molecule has 35 heavy (non-hydrogen) atoms. The summed E-state index contributed by atoms with van der Waals surface area (Å²) in [6.45, 7) is 5.05. The molecular formula is C23H23Cl2FN6O3. The van der Waals surface area contributed by atoms with Crippen LogP contribution in [0.4, 0.5) is 15.9 Å². The highest BCUT2D eigenvalue weighted by molar-refractivity contribution is 6.36. The van der Waals surface area contributed by atoms with E-state index in [4.69, 9.17) is 27.9 Å². The van der Waals surface area contributed by atoms with Gasteiger partial charge in [0, 0.05) is 38.6 Å². The van der Waals surface area contributed by atoms with Crippen molar-refractivity contribution in [3.63, 3.8) is 0 Å². The molecule has 0 spiro atoms. The molecule has 2 N–H and O–H groups in total. The lowest BCUT2D eigenvalue weighted by molar-refractivity contribution is 0.0960. The number of piperazine rings is 1. The number of nitrogens with one attached hydrogen (secondary N) is 2. The Labute approximate surface area is 210 Å². The molecule has 0 bridgehead atoms. The van der Waals surface area contributed by atoms with E-state index < -0.39 is 17.2 Å². The monoisotopic (exact) mass is 520 g/mol. The van der Waals surface area contributed by atoms with Gasteiger partial charge in [-0.2, -0.15) is 0 Å². The first kappa shape index (κ1) is 23.7. The van der Waals surface area contributed by atoms with Crippen LogP contribution >= 0.6 is 23.2 Å². The summed E-state index contributed by atoms with van der Waals surface area (Å²) in [5.74, 6) is -0.763. The molecule has 1 amide bonds. The van der Waals surface area contributed by atoms with Crippen LogP contribution in [0.25, 0.3) is 10.9 Å². The number of ether oxygens (including phenoxy) is 1. The van der Waals surface area contributed by atoms with E-state index in [1.807, 2.05) is 18.9 Å². The predicted molar refractivity (Wildman–Crippen MR) is 133 cm³/mol. The highest BCUT2D eigenvalue weighted by atomic mass is 35.5. The van der Waals surface area contributed by atoms with Crippen LogP contribution < -0.4 is 25.9 Å². The number of hydrogen-bond acceptors (Lipinski definition) is 7. The van der Waals surface area contributed by atoms with Crippen molar-refractivity contribution in [2.45, 2.75) is 13.0 Å². The molecule has 2 aliphatic heterocycles. The van der Waals surface area contributed by atoms with E-state index >= 15 is 4.39 Å². The molecule has 1 aromatic carbocycles. The lowest BCUT2D eigenvalue weighted by atomic mass is 10.0. The van der Waals surface area contributed by atoms with E-state index in [1.54, 1.807) is 4.57 Å². The minimum absolute atomic E-state index is 0.0808. The molecule has 2 aromatic heterocycles. The van der Waals surface area contributed by atoms with Gasteiger partial charge in [0.25, 0.3) is 5.91 Å². The topological polar surface area (TPSA) is 91.7 Å². The van der Waals surface area contributed by atoms with Gasteiger partial charge in [-0.3, -0.25) is 20.4 Å². The summed E-state index contributed by atoms with van der Waals surface area (Å²) in [7, 11) is 2.02. The van der Waals surface area contributed by atoms with Gasteiger partial charge in [-0.1, -0.05) is 23.2 Å². The number of carbonyl (C=O) groups excluding carboxylic acids is 1. The van der Waals surface area contributed by atoms with Crippen LogP contribution in [0.5, 0.6) is 5.75 Å². The number of halogens is 3. The third-order valence-corrected chi connectivity index (χ3v) is 6.80. The Hall–Kier alpha value is -3.08. The van der Waals surface area contributed by atoms with Crippen molar-refractivity contribution >= 4 is 51.5 Å². The van der Waals surface area contributed by atoms with E-state index in [1.165, 1.54) is 24.5 Å². The summed E-state index contributed by atoms with van der Waals surface area (Å²) in [5.41, 5.74) is 5.11. The van der Waals surface area contributed by atoms with E-state index in [9.17, 15) is 9.59 Å². The van der Waals surface area contributed by atoms with Gasteiger partial charge in [0.2, 0.25) is 5.43 Å². The maximum absolute atomic E-state index is 15.4. The number of rotatable bonds is 4. The van der Waals surface area contributed by atoms with Gasteiger partial charge in [-0.15, -0.1) is 0 Å². The zero-order valence-corrected chi connectivity index (χ0v) is 20.6. The van der Waals surface area contributed by atoms with Crippen molar-refractivity contribution in [2.75, 3.05) is 50.2 Å². The molecular weight excluding hydrogens is 498 g/mol. The van der Waals surface area contributed by atoms with Crippen molar-refractivity contribution in [1.29, 1.82) is 0 Å². The molecule has 1 fully saturated rings. The lowest BCUT2D eigenvalue weighted by Crippen LogP contribution is -2.45. The number of aromatic nitrogens is 2. The molecule has 0 saturated carbocycles. The Morgan fingerprint density at radius 1 is 1.23 bits per heavy atom. The Balaban J connectivity index is 1.55. The summed E-state index contributed by atoms with van der Waals surface area (Å²) in [6.07, 6.45) is 2.85. The number of carbonyl (C=O) groups is 1. The number of hydrazine groups is 1. The van der Waals surface area contributed by atoms with Gasteiger partial charge in [0.1, 0.15) is 17.9 Å². The van der Waals surface area contributed by atoms with Crippen LogP contribution in [0.1, 0.15) is 23.3 Å². The van der Waals surface area contributed by atoms with Crippen molar-refractivity contribution in [2.24, 2.45) is 0 Å². The third-order valence-electron chi connectivity index (χ3n) is 6.31. The van der Waals surface area contributed by atoms with E-state index in [0.29, 0.717) is 35.1 Å². The first-order valence-electron chi connectivity index (χ1n) is 11.1. The summed E-state index contributed by atoms with van der Waals surface area (Å²) in [6, 6.07) is 2.49. The van der Waals surface area contributed by atoms with Gasteiger partial charge in [-0.05, 0) is 26.1 Å². The Kier molecular flexibility index (Phi) is 6.20.